The molecule has 0 bridgehead atoms. The molecule has 1 amide bonds. The second-order valence-electron chi connectivity index (χ2n) is 9.64. The van der Waals surface area contributed by atoms with Crippen molar-refractivity contribution in [1.29, 1.82) is 0 Å². The number of nitrogens with zero attached hydrogens (tertiary/aromatic N) is 1. The van der Waals surface area contributed by atoms with Gasteiger partial charge in [0.15, 0.2) is 28.9 Å². The molecule has 0 spiro atoms. The average molecular weight is 578 g/mol. The summed E-state index contributed by atoms with van der Waals surface area (Å²) >= 11 is 0. The standard InChI is InChI=1S/C32H26F3NO6/c1-40-27-13-12-21-17-36(26(32(38)39)16-23(21)29(27)41-18-19-8-4-2-5-9-19)31(37)28(20-10-6-3-7-11-20)42-30-24(34)14-22(33)15-25(30)35/h2-15,26,28H,16-18H2,1H3,(H,38,39)/t26-,28-/m0/s1. The smallest absolute Gasteiger partial charge is 0.326 e. The molecule has 10 heteroatoms. The van der Waals surface area contributed by atoms with Crippen LogP contribution < -0.4 is 14.2 Å². The van der Waals surface area contributed by atoms with Crippen LogP contribution in [0.25, 0.3) is 0 Å². The quantitative estimate of drug-likeness (QED) is 0.269. The minimum atomic E-state index is -1.63. The largest absolute Gasteiger partial charge is 0.493 e. The van der Waals surface area contributed by atoms with Crippen LogP contribution in [-0.2, 0) is 29.2 Å². The Kier molecular flexibility index (Phi) is 8.33. The number of methoxy groups -OCH3 is 1. The molecule has 42 heavy (non-hydrogen) atoms. The molecule has 1 N–H and O–H groups in total. The predicted molar refractivity (Wildman–Crippen MR) is 146 cm³/mol. The molecular formula is C32H26F3NO6. The van der Waals surface area contributed by atoms with Gasteiger partial charge in [0.05, 0.1) is 7.11 Å². The van der Waals surface area contributed by atoms with Crippen molar-refractivity contribution >= 4 is 11.9 Å². The summed E-state index contributed by atoms with van der Waals surface area (Å²) < 4.78 is 59.8. The van der Waals surface area contributed by atoms with Crippen molar-refractivity contribution in [1.82, 2.24) is 4.90 Å². The molecule has 0 aliphatic carbocycles. The number of halogens is 3. The van der Waals surface area contributed by atoms with E-state index in [2.05, 4.69) is 0 Å². The SMILES string of the molecule is COc1ccc2c(c1OCc1ccccc1)C[C@@H](C(=O)O)N(C(=O)[C@@H](Oc1c(F)cc(F)cc1F)c1ccccc1)C2. The lowest BCUT2D eigenvalue weighted by atomic mass is 9.91. The highest BCUT2D eigenvalue weighted by Crippen LogP contribution is 2.40. The summed E-state index contributed by atoms with van der Waals surface area (Å²) in [6.07, 6.45) is -1.76. The Labute approximate surface area is 239 Å². The van der Waals surface area contributed by atoms with Gasteiger partial charge >= 0.3 is 5.97 Å². The van der Waals surface area contributed by atoms with Crippen molar-refractivity contribution in [3.63, 3.8) is 0 Å². The number of hydrogen-bond donors (Lipinski definition) is 1. The van der Waals surface area contributed by atoms with E-state index in [4.69, 9.17) is 14.2 Å². The summed E-state index contributed by atoms with van der Waals surface area (Å²) in [7, 11) is 1.47. The lowest BCUT2D eigenvalue weighted by Gasteiger charge is -2.37. The number of carbonyl (C=O) groups excluding carboxylic acids is 1. The minimum absolute atomic E-state index is 0.126. The third kappa shape index (κ3) is 5.88. The van der Waals surface area contributed by atoms with E-state index in [-0.39, 0.29) is 25.1 Å². The van der Waals surface area contributed by atoms with Crippen LogP contribution in [0.15, 0.2) is 84.9 Å². The zero-order valence-corrected chi connectivity index (χ0v) is 22.4. The topological polar surface area (TPSA) is 85.3 Å². The normalized spacial score (nSPS) is 15.0. The Morgan fingerprint density at radius 1 is 0.929 bits per heavy atom. The van der Waals surface area contributed by atoms with E-state index < -0.39 is 47.2 Å². The van der Waals surface area contributed by atoms with E-state index in [1.807, 2.05) is 30.3 Å². The molecule has 1 heterocycles. The Balaban J connectivity index is 1.51. The maximum atomic E-state index is 14.6. The summed E-state index contributed by atoms with van der Waals surface area (Å²) in [5.41, 5.74) is 2.29. The molecule has 0 saturated heterocycles. The number of ether oxygens (including phenoxy) is 3. The number of carboxylic acid groups (broad SMARTS) is 1. The molecule has 5 rings (SSSR count). The van der Waals surface area contributed by atoms with Crippen LogP contribution in [0.1, 0.15) is 28.4 Å². The molecule has 0 aromatic heterocycles. The number of hydrogen-bond acceptors (Lipinski definition) is 5. The Hall–Kier alpha value is -4.99. The van der Waals surface area contributed by atoms with Crippen LogP contribution in [0, 0.1) is 17.5 Å². The van der Waals surface area contributed by atoms with Crippen molar-refractivity contribution in [2.24, 2.45) is 0 Å². The summed E-state index contributed by atoms with van der Waals surface area (Å²) in [4.78, 5) is 27.6. The van der Waals surface area contributed by atoms with Gasteiger partial charge in [0, 0.05) is 36.2 Å². The van der Waals surface area contributed by atoms with Crippen molar-refractivity contribution in [2.75, 3.05) is 7.11 Å². The van der Waals surface area contributed by atoms with E-state index in [9.17, 15) is 27.9 Å². The number of amides is 1. The molecule has 4 aromatic carbocycles. The second-order valence-corrected chi connectivity index (χ2v) is 9.64. The first-order valence-corrected chi connectivity index (χ1v) is 13.0. The van der Waals surface area contributed by atoms with Gasteiger partial charge in [-0.25, -0.2) is 18.0 Å². The first-order chi connectivity index (χ1) is 20.3. The highest BCUT2D eigenvalue weighted by Gasteiger charge is 2.41. The number of carboxylic acids is 1. The van der Waals surface area contributed by atoms with Crippen molar-refractivity contribution in [3.8, 4) is 17.2 Å². The third-order valence-electron chi connectivity index (χ3n) is 6.98. The van der Waals surface area contributed by atoms with Gasteiger partial charge < -0.3 is 24.2 Å². The van der Waals surface area contributed by atoms with E-state index in [1.54, 1.807) is 30.3 Å². The number of carbonyl (C=O) groups is 2. The average Bonchev–Trinajstić information content (AvgIpc) is 2.99. The molecule has 7 nitrogen and oxygen atoms in total. The van der Waals surface area contributed by atoms with Crippen molar-refractivity contribution < 1.29 is 42.1 Å². The fourth-order valence-electron chi connectivity index (χ4n) is 4.92. The lowest BCUT2D eigenvalue weighted by Crippen LogP contribution is -2.51. The van der Waals surface area contributed by atoms with Crippen LogP contribution >= 0.6 is 0 Å². The third-order valence-corrected chi connectivity index (χ3v) is 6.98. The van der Waals surface area contributed by atoms with Crippen LogP contribution in [0.4, 0.5) is 13.2 Å². The molecule has 2 atom stereocenters. The molecule has 1 aliphatic heterocycles. The van der Waals surface area contributed by atoms with Gasteiger partial charge in [-0.15, -0.1) is 0 Å². The van der Waals surface area contributed by atoms with Crippen molar-refractivity contribution in [3.05, 3.63) is 125 Å². The molecule has 216 valence electrons. The molecule has 0 unspecified atom stereocenters. The van der Waals surface area contributed by atoms with Gasteiger partial charge in [-0.3, -0.25) is 4.79 Å². The van der Waals surface area contributed by atoms with Crippen LogP contribution in [0.5, 0.6) is 17.2 Å². The summed E-state index contributed by atoms with van der Waals surface area (Å²) in [6.45, 7) is 0.0463. The number of aliphatic carboxylic acids is 1. The minimum Gasteiger partial charge on any atom is -0.493 e. The van der Waals surface area contributed by atoms with E-state index in [0.717, 1.165) is 10.5 Å². The van der Waals surface area contributed by atoms with Gasteiger partial charge in [-0.05, 0) is 17.2 Å². The zero-order chi connectivity index (χ0) is 29.8. The second kappa shape index (κ2) is 12.3. The van der Waals surface area contributed by atoms with Crippen LogP contribution in [0.3, 0.4) is 0 Å². The molecule has 0 saturated carbocycles. The maximum absolute atomic E-state index is 14.6. The fourth-order valence-corrected chi connectivity index (χ4v) is 4.92. The molecule has 0 fully saturated rings. The van der Waals surface area contributed by atoms with E-state index in [1.165, 1.54) is 19.2 Å². The molecule has 1 aliphatic rings. The Morgan fingerprint density at radius 2 is 1.57 bits per heavy atom. The van der Waals surface area contributed by atoms with Crippen LogP contribution in [-0.4, -0.2) is 35.0 Å². The number of benzene rings is 4. The highest BCUT2D eigenvalue weighted by atomic mass is 19.1. The van der Waals surface area contributed by atoms with Gasteiger partial charge in [0.1, 0.15) is 18.5 Å². The van der Waals surface area contributed by atoms with Gasteiger partial charge in [0.25, 0.3) is 5.91 Å². The summed E-state index contributed by atoms with van der Waals surface area (Å²) in [5.74, 6) is -6.16. The Bertz CT molecular complexity index is 1580. The number of fused-ring (bicyclic) bond motifs is 1. The molecule has 0 radical (unpaired) electrons. The Morgan fingerprint density at radius 3 is 2.19 bits per heavy atom. The maximum Gasteiger partial charge on any atom is 0.326 e. The number of rotatable bonds is 9. The van der Waals surface area contributed by atoms with E-state index in [0.29, 0.717) is 34.8 Å². The summed E-state index contributed by atoms with van der Waals surface area (Å²) in [6, 6.07) is 20.2. The predicted octanol–water partition coefficient (Wildman–Crippen LogP) is 5.85. The molecule has 4 aromatic rings. The van der Waals surface area contributed by atoms with Gasteiger partial charge in [0.2, 0.25) is 6.10 Å². The fraction of sp³-hybridized carbons (Fsp3) is 0.188. The first kappa shape index (κ1) is 28.5. The lowest BCUT2D eigenvalue weighted by molar-refractivity contribution is -0.155. The molecular weight excluding hydrogens is 551 g/mol. The monoisotopic (exact) mass is 577 g/mol. The van der Waals surface area contributed by atoms with Crippen LogP contribution in [0.2, 0.25) is 0 Å². The van der Waals surface area contributed by atoms with Crippen molar-refractivity contribution in [2.45, 2.75) is 31.7 Å². The zero-order valence-electron chi connectivity index (χ0n) is 22.4. The summed E-state index contributed by atoms with van der Waals surface area (Å²) in [5, 5.41) is 10.2. The first-order valence-electron chi connectivity index (χ1n) is 13.0. The van der Waals surface area contributed by atoms with Gasteiger partial charge in [-0.2, -0.15) is 0 Å². The highest BCUT2D eigenvalue weighted by molar-refractivity contribution is 5.88. The van der Waals surface area contributed by atoms with E-state index >= 15 is 0 Å². The van der Waals surface area contributed by atoms with Gasteiger partial charge in [-0.1, -0.05) is 66.7 Å².